The van der Waals surface area contributed by atoms with Crippen LogP contribution in [0, 0.1) is 0 Å². The van der Waals surface area contributed by atoms with Crippen molar-refractivity contribution in [3.8, 4) is 0 Å². The van der Waals surface area contributed by atoms with E-state index in [1.54, 1.807) is 0 Å². The van der Waals surface area contributed by atoms with Gasteiger partial charge in [0.15, 0.2) is 0 Å². The van der Waals surface area contributed by atoms with E-state index < -0.39 is 17.8 Å². The maximum atomic E-state index is 10.8. The Hall–Kier alpha value is -0.130. The molecule has 0 fully saturated rings. The van der Waals surface area contributed by atoms with E-state index in [1.807, 2.05) is 0 Å². The van der Waals surface area contributed by atoms with E-state index in [4.69, 9.17) is 20.3 Å². The standard InChI is InChI=1S/C6H12NO4PS/c1-10-4(3-12-13)6(7,11-2)5(8)9/h4H,3,7H2,1-2H3,(H,8,9). The minimum atomic E-state index is -1.82. The van der Waals surface area contributed by atoms with Crippen molar-refractivity contribution >= 4 is 25.1 Å². The molecule has 0 heterocycles. The van der Waals surface area contributed by atoms with Gasteiger partial charge >= 0.3 is 5.97 Å². The Bertz CT molecular complexity index is 203. The molecule has 2 atom stereocenters. The fourth-order valence-electron chi connectivity index (χ4n) is 0.809. The Morgan fingerprint density at radius 1 is 1.77 bits per heavy atom. The molecule has 0 aromatic carbocycles. The largest absolute Gasteiger partial charge is 0.478 e. The second-order valence-electron chi connectivity index (χ2n) is 2.34. The number of methoxy groups -OCH3 is 2. The molecule has 0 saturated carbocycles. The van der Waals surface area contributed by atoms with Crippen molar-refractivity contribution < 1.29 is 19.4 Å². The summed E-state index contributed by atoms with van der Waals surface area (Å²) in [4.78, 5) is 10.8. The zero-order valence-electron chi connectivity index (χ0n) is 7.39. The van der Waals surface area contributed by atoms with Crippen LogP contribution in [-0.2, 0) is 26.1 Å². The minimum Gasteiger partial charge on any atom is -0.478 e. The third-order valence-electron chi connectivity index (χ3n) is 1.68. The van der Waals surface area contributed by atoms with Crippen LogP contribution in [0.4, 0.5) is 0 Å². The zero-order valence-corrected chi connectivity index (χ0v) is 9.10. The summed E-state index contributed by atoms with van der Waals surface area (Å²) in [6, 6.07) is 0. The van der Waals surface area contributed by atoms with Gasteiger partial charge in [-0.3, -0.25) is 5.73 Å². The molecule has 0 radical (unpaired) electrons. The van der Waals surface area contributed by atoms with Gasteiger partial charge in [-0.2, -0.15) is 0 Å². The van der Waals surface area contributed by atoms with Crippen molar-refractivity contribution in [1.82, 2.24) is 0 Å². The molecule has 0 aromatic heterocycles. The molecule has 0 bridgehead atoms. The van der Waals surface area contributed by atoms with E-state index in [1.165, 1.54) is 14.2 Å². The van der Waals surface area contributed by atoms with Gasteiger partial charge in [0.25, 0.3) is 0 Å². The molecule has 0 spiro atoms. The summed E-state index contributed by atoms with van der Waals surface area (Å²) in [6.07, 6.45) is -0.406. The summed E-state index contributed by atoms with van der Waals surface area (Å²) in [6.45, 7) is 0. The lowest BCUT2D eigenvalue weighted by Gasteiger charge is -2.29. The van der Waals surface area contributed by atoms with Crippen molar-refractivity contribution in [3.05, 3.63) is 0 Å². The first kappa shape index (κ1) is 12.9. The number of nitrogens with two attached hydrogens (primary N) is 1. The van der Waals surface area contributed by atoms with Crippen molar-refractivity contribution in [3.63, 3.8) is 0 Å². The van der Waals surface area contributed by atoms with Gasteiger partial charge in [0.1, 0.15) is 6.10 Å². The highest BCUT2D eigenvalue weighted by Crippen LogP contribution is 2.15. The minimum absolute atomic E-state index is 0.336. The molecule has 0 aromatic rings. The smallest absolute Gasteiger partial charge is 0.354 e. The number of hydrogen-bond donors (Lipinski definition) is 2. The summed E-state index contributed by atoms with van der Waals surface area (Å²) in [5, 5.41) is 8.79. The lowest BCUT2D eigenvalue weighted by Crippen LogP contribution is -2.60. The maximum Gasteiger partial charge on any atom is 0.354 e. The molecule has 0 amide bonds. The molecule has 2 unspecified atom stereocenters. The molecule has 5 nitrogen and oxygen atoms in total. The van der Waals surface area contributed by atoms with Crippen molar-refractivity contribution in [2.75, 3.05) is 20.4 Å². The SMILES string of the molecule is COC(CP=S)C(N)(OC)C(=O)O. The van der Waals surface area contributed by atoms with Crippen molar-refractivity contribution in [1.29, 1.82) is 0 Å². The Balaban J connectivity index is 4.68. The first-order chi connectivity index (χ1) is 6.02. The highest BCUT2D eigenvalue weighted by molar-refractivity contribution is 7.96. The summed E-state index contributed by atoms with van der Waals surface area (Å²) >= 11 is 4.69. The monoisotopic (exact) mass is 225 g/mol. The average Bonchev–Trinajstić information content (AvgIpc) is 2.12. The first-order valence-electron chi connectivity index (χ1n) is 3.42. The molecule has 7 heteroatoms. The summed E-state index contributed by atoms with van der Waals surface area (Å²) in [7, 11) is 3.18. The Labute approximate surface area is 83.0 Å². The fraction of sp³-hybridized carbons (Fsp3) is 0.833. The number of carbonyl (C=O) groups is 1. The van der Waals surface area contributed by atoms with Gasteiger partial charge in [-0.1, -0.05) is 11.8 Å². The Morgan fingerprint density at radius 2 is 2.31 bits per heavy atom. The van der Waals surface area contributed by atoms with Crippen molar-refractivity contribution in [2.45, 2.75) is 11.8 Å². The van der Waals surface area contributed by atoms with Gasteiger partial charge < -0.3 is 14.6 Å². The molecule has 0 aliphatic heterocycles. The molecule has 13 heavy (non-hydrogen) atoms. The highest BCUT2D eigenvalue weighted by atomic mass is 32.4. The van der Waals surface area contributed by atoms with Crippen LogP contribution >= 0.6 is 7.36 Å². The zero-order chi connectivity index (χ0) is 10.5. The maximum absolute atomic E-state index is 10.8. The molecule has 0 aliphatic carbocycles. The average molecular weight is 225 g/mol. The molecule has 3 N–H and O–H groups in total. The summed E-state index contributed by atoms with van der Waals surface area (Å²) in [5.41, 5.74) is 3.66. The van der Waals surface area contributed by atoms with E-state index in [0.29, 0.717) is 13.5 Å². The van der Waals surface area contributed by atoms with E-state index in [9.17, 15) is 4.79 Å². The lowest BCUT2D eigenvalue weighted by molar-refractivity contribution is -0.177. The predicted octanol–water partition coefficient (Wildman–Crippen LogP) is -0.205. The second kappa shape index (κ2) is 5.57. The number of rotatable bonds is 6. The first-order valence-corrected chi connectivity index (χ1v) is 5.51. The van der Waals surface area contributed by atoms with Crippen LogP contribution in [0.5, 0.6) is 0 Å². The number of carboxylic acid groups (broad SMARTS) is 1. The van der Waals surface area contributed by atoms with Gasteiger partial charge in [-0.15, -0.1) is 0 Å². The third-order valence-corrected chi connectivity index (χ3v) is 2.60. The normalized spacial score (nSPS) is 18.1. The van der Waals surface area contributed by atoms with Gasteiger partial charge in [0, 0.05) is 20.4 Å². The summed E-state index contributed by atoms with van der Waals surface area (Å²) in [5.74, 6) is -1.26. The number of ether oxygens (including phenoxy) is 2. The molecular formula is C6H12NO4PS. The van der Waals surface area contributed by atoms with E-state index in [0.717, 1.165) is 0 Å². The topological polar surface area (TPSA) is 81.8 Å². The van der Waals surface area contributed by atoms with Gasteiger partial charge in [-0.05, 0) is 7.36 Å². The molecule has 0 saturated heterocycles. The van der Waals surface area contributed by atoms with E-state index in [2.05, 4.69) is 11.8 Å². The van der Waals surface area contributed by atoms with Crippen LogP contribution in [0.15, 0.2) is 0 Å². The van der Waals surface area contributed by atoms with Crippen LogP contribution in [0.25, 0.3) is 0 Å². The van der Waals surface area contributed by atoms with E-state index >= 15 is 0 Å². The Morgan fingerprint density at radius 3 is 2.54 bits per heavy atom. The van der Waals surface area contributed by atoms with Crippen LogP contribution in [0.2, 0.25) is 0 Å². The van der Waals surface area contributed by atoms with Crippen LogP contribution in [0.1, 0.15) is 0 Å². The quantitative estimate of drug-likeness (QED) is 0.481. The van der Waals surface area contributed by atoms with E-state index in [-0.39, 0.29) is 0 Å². The number of carboxylic acids is 1. The molecule has 76 valence electrons. The Kier molecular flexibility index (Phi) is 5.51. The van der Waals surface area contributed by atoms with Gasteiger partial charge in [0.2, 0.25) is 5.72 Å². The highest BCUT2D eigenvalue weighted by Gasteiger charge is 2.43. The molecule has 0 aliphatic rings. The van der Waals surface area contributed by atoms with Crippen LogP contribution < -0.4 is 5.73 Å². The predicted molar refractivity (Wildman–Crippen MR) is 51.5 cm³/mol. The molecular weight excluding hydrogens is 213 g/mol. The molecule has 0 rings (SSSR count). The lowest BCUT2D eigenvalue weighted by atomic mass is 10.1. The third kappa shape index (κ3) is 2.93. The van der Waals surface area contributed by atoms with Crippen molar-refractivity contribution in [2.24, 2.45) is 5.73 Å². The second-order valence-corrected chi connectivity index (χ2v) is 3.74. The van der Waals surface area contributed by atoms with Gasteiger partial charge in [-0.25, -0.2) is 4.79 Å². The van der Waals surface area contributed by atoms with Gasteiger partial charge in [0.05, 0.1) is 0 Å². The number of aliphatic carboxylic acids is 1. The van der Waals surface area contributed by atoms with Crippen LogP contribution in [-0.4, -0.2) is 43.3 Å². The van der Waals surface area contributed by atoms with Crippen LogP contribution in [0.3, 0.4) is 0 Å². The summed E-state index contributed by atoms with van der Waals surface area (Å²) < 4.78 is 9.61. The fourth-order valence-corrected chi connectivity index (χ4v) is 1.77. The number of hydrogen-bond acceptors (Lipinski definition) is 5.